The maximum absolute atomic E-state index is 12.2. The standard InChI is InChI=1S/C15H17N3O5/c1-4-17-9(2)12(14(19)23-3)13(16-15(17)20)10-6-5-7-11(8-10)18(21)22/h5-8,13H,4H2,1-3H3,(H,16,20). The fourth-order valence-electron chi connectivity index (χ4n) is 2.60. The van der Waals surface area contributed by atoms with Gasteiger partial charge >= 0.3 is 12.0 Å². The van der Waals surface area contributed by atoms with Gasteiger partial charge in [-0.05, 0) is 19.4 Å². The number of hydrogen-bond acceptors (Lipinski definition) is 5. The summed E-state index contributed by atoms with van der Waals surface area (Å²) in [4.78, 5) is 36.2. The van der Waals surface area contributed by atoms with Crippen LogP contribution in [0.4, 0.5) is 10.5 Å². The molecule has 1 aliphatic rings. The number of nitro groups is 1. The number of nitro benzene ring substituents is 1. The zero-order valence-electron chi connectivity index (χ0n) is 13.0. The number of benzene rings is 1. The second-order valence-electron chi connectivity index (χ2n) is 4.97. The number of hydrogen-bond donors (Lipinski definition) is 1. The van der Waals surface area contributed by atoms with E-state index in [1.807, 2.05) is 0 Å². The molecule has 0 aliphatic carbocycles. The molecule has 122 valence electrons. The first-order valence-corrected chi connectivity index (χ1v) is 7.02. The van der Waals surface area contributed by atoms with E-state index in [0.717, 1.165) is 0 Å². The van der Waals surface area contributed by atoms with E-state index in [4.69, 9.17) is 4.74 Å². The molecule has 0 radical (unpaired) electrons. The van der Waals surface area contributed by atoms with Gasteiger partial charge in [0.05, 0.1) is 23.6 Å². The molecule has 0 saturated heterocycles. The van der Waals surface area contributed by atoms with Crippen molar-refractivity contribution in [3.8, 4) is 0 Å². The average molecular weight is 319 g/mol. The van der Waals surface area contributed by atoms with Crippen molar-refractivity contribution in [1.82, 2.24) is 10.2 Å². The van der Waals surface area contributed by atoms with Crippen LogP contribution in [0, 0.1) is 10.1 Å². The van der Waals surface area contributed by atoms with Crippen molar-refractivity contribution < 1.29 is 19.2 Å². The Balaban J connectivity index is 2.57. The number of methoxy groups -OCH3 is 1. The Morgan fingerprint density at radius 2 is 2.17 bits per heavy atom. The molecule has 2 rings (SSSR count). The zero-order chi connectivity index (χ0) is 17.1. The number of rotatable bonds is 4. The van der Waals surface area contributed by atoms with Gasteiger partial charge in [0.2, 0.25) is 0 Å². The van der Waals surface area contributed by atoms with Gasteiger partial charge in [0, 0.05) is 24.4 Å². The Labute approximate surface area is 132 Å². The maximum Gasteiger partial charge on any atom is 0.337 e. The van der Waals surface area contributed by atoms with Crippen LogP contribution in [-0.4, -0.2) is 35.5 Å². The van der Waals surface area contributed by atoms with Gasteiger partial charge in [0.1, 0.15) is 0 Å². The molecule has 23 heavy (non-hydrogen) atoms. The Morgan fingerprint density at radius 3 is 2.74 bits per heavy atom. The lowest BCUT2D eigenvalue weighted by Gasteiger charge is -2.34. The fraction of sp³-hybridized carbons (Fsp3) is 0.333. The third-order valence-electron chi connectivity index (χ3n) is 3.73. The van der Waals surface area contributed by atoms with Crippen LogP contribution >= 0.6 is 0 Å². The van der Waals surface area contributed by atoms with Crippen molar-refractivity contribution in [3.63, 3.8) is 0 Å². The van der Waals surface area contributed by atoms with Crippen LogP contribution in [0.2, 0.25) is 0 Å². The monoisotopic (exact) mass is 319 g/mol. The highest BCUT2D eigenvalue weighted by Gasteiger charge is 2.36. The minimum absolute atomic E-state index is 0.114. The van der Waals surface area contributed by atoms with Crippen LogP contribution in [0.3, 0.4) is 0 Å². The molecule has 0 fully saturated rings. The second kappa shape index (κ2) is 6.47. The van der Waals surface area contributed by atoms with Crippen molar-refractivity contribution in [3.05, 3.63) is 51.2 Å². The lowest BCUT2D eigenvalue weighted by molar-refractivity contribution is -0.384. The summed E-state index contributed by atoms with van der Waals surface area (Å²) < 4.78 is 4.81. The molecule has 1 aromatic rings. The highest BCUT2D eigenvalue weighted by Crippen LogP contribution is 2.32. The van der Waals surface area contributed by atoms with Crippen LogP contribution < -0.4 is 5.32 Å². The average Bonchev–Trinajstić information content (AvgIpc) is 2.54. The Kier molecular flexibility index (Phi) is 4.63. The molecule has 0 bridgehead atoms. The normalized spacial score (nSPS) is 17.8. The topological polar surface area (TPSA) is 102 Å². The molecule has 0 saturated carbocycles. The van der Waals surface area contributed by atoms with Crippen LogP contribution in [0.25, 0.3) is 0 Å². The number of carbonyl (C=O) groups is 2. The van der Waals surface area contributed by atoms with E-state index in [9.17, 15) is 19.7 Å². The summed E-state index contributed by atoms with van der Waals surface area (Å²) in [6, 6.07) is 4.65. The predicted octanol–water partition coefficient (Wildman–Crippen LogP) is 2.13. The largest absolute Gasteiger partial charge is 0.466 e. The van der Waals surface area contributed by atoms with E-state index in [1.165, 1.54) is 30.2 Å². The molecule has 1 aliphatic heterocycles. The van der Waals surface area contributed by atoms with E-state index in [1.54, 1.807) is 19.9 Å². The predicted molar refractivity (Wildman–Crippen MR) is 81.5 cm³/mol. The van der Waals surface area contributed by atoms with Crippen molar-refractivity contribution in [2.45, 2.75) is 19.9 Å². The third kappa shape index (κ3) is 3.01. The van der Waals surface area contributed by atoms with Crippen LogP contribution in [0.5, 0.6) is 0 Å². The first-order valence-electron chi connectivity index (χ1n) is 7.02. The molecule has 0 spiro atoms. The highest BCUT2D eigenvalue weighted by molar-refractivity contribution is 5.95. The summed E-state index contributed by atoms with van der Waals surface area (Å²) in [6.45, 7) is 3.82. The summed E-state index contributed by atoms with van der Waals surface area (Å²) in [5, 5.41) is 13.6. The van der Waals surface area contributed by atoms with Gasteiger partial charge in [0.15, 0.2) is 0 Å². The first-order chi connectivity index (χ1) is 10.9. The minimum Gasteiger partial charge on any atom is -0.466 e. The number of ether oxygens (including phenoxy) is 1. The number of nitrogens with zero attached hydrogens (tertiary/aromatic N) is 2. The number of carbonyl (C=O) groups excluding carboxylic acids is 2. The molecule has 1 atom stereocenters. The van der Waals surface area contributed by atoms with Gasteiger partial charge in [-0.3, -0.25) is 15.0 Å². The summed E-state index contributed by atoms with van der Waals surface area (Å²) in [7, 11) is 1.25. The maximum atomic E-state index is 12.2. The van der Waals surface area contributed by atoms with Crippen LogP contribution in [0.15, 0.2) is 35.5 Å². The van der Waals surface area contributed by atoms with E-state index in [2.05, 4.69) is 5.32 Å². The van der Waals surface area contributed by atoms with Crippen LogP contribution in [0.1, 0.15) is 25.5 Å². The SMILES string of the molecule is CCN1C(=O)NC(c2cccc([N+](=O)[O-])c2)C(C(=O)OC)=C1C. The molecular formula is C15H17N3O5. The molecule has 1 unspecified atom stereocenters. The number of esters is 1. The number of non-ortho nitro benzene ring substituents is 1. The lowest BCUT2D eigenvalue weighted by atomic mass is 9.94. The number of nitrogens with one attached hydrogen (secondary N) is 1. The van der Waals surface area contributed by atoms with Crippen molar-refractivity contribution in [2.75, 3.05) is 13.7 Å². The molecule has 1 aromatic carbocycles. The zero-order valence-corrected chi connectivity index (χ0v) is 13.0. The van der Waals surface area contributed by atoms with Crippen LogP contribution in [-0.2, 0) is 9.53 Å². The van der Waals surface area contributed by atoms with Crippen molar-refractivity contribution >= 4 is 17.7 Å². The lowest BCUT2D eigenvalue weighted by Crippen LogP contribution is -2.47. The number of allylic oxidation sites excluding steroid dienone is 1. The van der Waals surface area contributed by atoms with E-state index in [0.29, 0.717) is 17.8 Å². The van der Waals surface area contributed by atoms with E-state index < -0.39 is 16.9 Å². The second-order valence-corrected chi connectivity index (χ2v) is 4.97. The van der Waals surface area contributed by atoms with Gasteiger partial charge in [-0.1, -0.05) is 12.1 Å². The van der Waals surface area contributed by atoms with E-state index in [-0.39, 0.29) is 17.3 Å². The quantitative estimate of drug-likeness (QED) is 0.520. The number of urea groups is 1. The Morgan fingerprint density at radius 1 is 1.48 bits per heavy atom. The molecule has 0 aromatic heterocycles. The summed E-state index contributed by atoms with van der Waals surface area (Å²) in [5.41, 5.74) is 1.06. The van der Waals surface area contributed by atoms with Gasteiger partial charge in [-0.2, -0.15) is 0 Å². The third-order valence-corrected chi connectivity index (χ3v) is 3.73. The molecule has 8 heteroatoms. The van der Waals surface area contributed by atoms with E-state index >= 15 is 0 Å². The highest BCUT2D eigenvalue weighted by atomic mass is 16.6. The summed E-state index contributed by atoms with van der Waals surface area (Å²) in [6.07, 6.45) is 0. The molecular weight excluding hydrogens is 302 g/mol. The van der Waals surface area contributed by atoms with Gasteiger partial charge in [-0.25, -0.2) is 9.59 Å². The Hall–Kier alpha value is -2.90. The first kappa shape index (κ1) is 16.5. The molecule has 1 N–H and O–H groups in total. The number of amides is 2. The molecule has 2 amide bonds. The van der Waals surface area contributed by atoms with Gasteiger partial charge in [0.25, 0.3) is 5.69 Å². The van der Waals surface area contributed by atoms with Crippen molar-refractivity contribution in [2.24, 2.45) is 0 Å². The molecule has 1 heterocycles. The van der Waals surface area contributed by atoms with Gasteiger partial charge in [-0.15, -0.1) is 0 Å². The summed E-state index contributed by atoms with van der Waals surface area (Å²) in [5.74, 6) is -0.586. The molecule has 8 nitrogen and oxygen atoms in total. The smallest absolute Gasteiger partial charge is 0.337 e. The Bertz CT molecular complexity index is 698. The van der Waals surface area contributed by atoms with Gasteiger partial charge < -0.3 is 10.1 Å². The minimum atomic E-state index is -0.794. The fourth-order valence-corrected chi connectivity index (χ4v) is 2.60. The van der Waals surface area contributed by atoms with Crippen molar-refractivity contribution in [1.29, 1.82) is 0 Å². The summed E-state index contributed by atoms with van der Waals surface area (Å²) >= 11 is 0.